The zero-order chi connectivity index (χ0) is 7.61. The second-order valence-corrected chi connectivity index (χ2v) is 2.78. The van der Waals surface area contributed by atoms with Crippen LogP contribution in [0.25, 0.3) is 0 Å². The maximum atomic E-state index is 12.0. The molecule has 10 heavy (non-hydrogen) atoms. The third kappa shape index (κ3) is 1.47. The number of nitrogens with zero attached hydrogens (tertiary/aromatic N) is 2. The van der Waals surface area contributed by atoms with Crippen LogP contribution in [0.15, 0.2) is 23.6 Å². The fraction of sp³-hybridized carbons (Fsp3) is 0. The van der Waals surface area contributed by atoms with E-state index in [9.17, 15) is 12.3 Å². The van der Waals surface area contributed by atoms with Crippen LogP contribution in [0.5, 0.6) is 0 Å². The van der Waals surface area contributed by atoms with Crippen LogP contribution < -0.4 is 0 Å². The van der Waals surface area contributed by atoms with Crippen LogP contribution in [0, 0.1) is 0 Å². The zero-order valence-corrected chi connectivity index (χ0v) is 5.55. The van der Waals surface area contributed by atoms with Crippen molar-refractivity contribution in [2.75, 3.05) is 0 Å². The third-order valence-electron chi connectivity index (χ3n) is 0.789. The molecule has 0 N–H and O–H groups in total. The molecule has 0 aliphatic heterocycles. The Kier molecular flexibility index (Phi) is 1.62. The van der Waals surface area contributed by atoms with Gasteiger partial charge in [-0.25, -0.2) is 4.98 Å². The van der Waals surface area contributed by atoms with E-state index < -0.39 is 15.2 Å². The molecule has 0 atom stereocenters. The second-order valence-electron chi connectivity index (χ2n) is 1.48. The summed E-state index contributed by atoms with van der Waals surface area (Å²) >= 11 is 0. The summed E-state index contributed by atoms with van der Waals surface area (Å²) in [6.45, 7) is 0. The van der Waals surface area contributed by atoms with Gasteiger partial charge >= 0.3 is 10.2 Å². The van der Waals surface area contributed by atoms with E-state index in [-0.39, 0.29) is 0 Å². The van der Waals surface area contributed by atoms with Gasteiger partial charge in [0.25, 0.3) is 0 Å². The van der Waals surface area contributed by atoms with E-state index in [1.165, 1.54) is 6.20 Å². The van der Waals surface area contributed by atoms with Gasteiger partial charge < -0.3 is 0 Å². The topological polar surface area (TPSA) is 59.9 Å². The van der Waals surface area contributed by atoms with Gasteiger partial charge in [0.15, 0.2) is 0 Å². The highest BCUT2D eigenvalue weighted by molar-refractivity contribution is 7.86. The Bertz CT molecular complexity index is 309. The predicted octanol–water partition coefficient (Wildman–Crippen LogP) is 0.135. The van der Waals surface area contributed by atoms with Gasteiger partial charge in [-0.15, -0.1) is 0 Å². The highest BCUT2D eigenvalue weighted by atomic mass is 32.3. The minimum absolute atomic E-state index is 0.657. The van der Waals surface area contributed by atoms with E-state index in [2.05, 4.69) is 9.97 Å². The van der Waals surface area contributed by atoms with Crippen LogP contribution >= 0.6 is 0 Å². The molecule has 0 aromatic carbocycles. The lowest BCUT2D eigenvalue weighted by Gasteiger charge is -1.88. The summed E-state index contributed by atoms with van der Waals surface area (Å²) in [6, 6.07) is 0. The van der Waals surface area contributed by atoms with Crippen molar-refractivity contribution < 1.29 is 12.3 Å². The van der Waals surface area contributed by atoms with Crippen molar-refractivity contribution >= 4 is 10.2 Å². The number of hydrogen-bond acceptors (Lipinski definition) is 4. The standard InChI is InChI=1S/C4H3FN2O2S/c5-10(8,9)4-3-6-1-2-7-4/h1-3H. The zero-order valence-electron chi connectivity index (χ0n) is 4.73. The molecule has 6 heteroatoms. The molecule has 1 rings (SSSR count). The Morgan fingerprint density at radius 1 is 1.40 bits per heavy atom. The highest BCUT2D eigenvalue weighted by Crippen LogP contribution is 2.03. The molecule has 0 saturated carbocycles. The molecule has 54 valence electrons. The van der Waals surface area contributed by atoms with Crippen LogP contribution in [0.3, 0.4) is 0 Å². The maximum absolute atomic E-state index is 12.0. The summed E-state index contributed by atoms with van der Waals surface area (Å²) in [4.78, 5) is 6.59. The average molecular weight is 162 g/mol. The molecule has 0 fully saturated rings. The van der Waals surface area contributed by atoms with Gasteiger partial charge in [-0.05, 0) is 0 Å². The lowest BCUT2D eigenvalue weighted by Crippen LogP contribution is -1.95. The first kappa shape index (κ1) is 7.07. The van der Waals surface area contributed by atoms with E-state index >= 15 is 0 Å². The van der Waals surface area contributed by atoms with E-state index in [0.717, 1.165) is 12.4 Å². The average Bonchev–Trinajstić information content (AvgIpc) is 1.88. The predicted molar refractivity (Wildman–Crippen MR) is 30.3 cm³/mol. The van der Waals surface area contributed by atoms with E-state index in [1.54, 1.807) is 0 Å². The van der Waals surface area contributed by atoms with Crippen LogP contribution in [-0.4, -0.2) is 18.4 Å². The fourth-order valence-corrected chi connectivity index (χ4v) is 0.785. The number of halogens is 1. The molecule has 1 aromatic rings. The molecule has 0 amide bonds. The van der Waals surface area contributed by atoms with Crippen molar-refractivity contribution in [3.05, 3.63) is 18.6 Å². The van der Waals surface area contributed by atoms with Crippen LogP contribution in [-0.2, 0) is 10.2 Å². The van der Waals surface area contributed by atoms with Crippen molar-refractivity contribution in [2.45, 2.75) is 5.03 Å². The third-order valence-corrected chi connectivity index (χ3v) is 1.50. The van der Waals surface area contributed by atoms with Crippen molar-refractivity contribution in [3.63, 3.8) is 0 Å². The Morgan fingerprint density at radius 3 is 2.40 bits per heavy atom. The second kappa shape index (κ2) is 2.30. The van der Waals surface area contributed by atoms with Crippen LogP contribution in [0.1, 0.15) is 0 Å². The minimum Gasteiger partial charge on any atom is -0.260 e. The summed E-state index contributed by atoms with van der Waals surface area (Å²) in [5.41, 5.74) is 0. The number of aromatic nitrogens is 2. The van der Waals surface area contributed by atoms with Gasteiger partial charge in [0, 0.05) is 12.4 Å². The monoisotopic (exact) mass is 162 g/mol. The molecule has 0 radical (unpaired) electrons. The molecular weight excluding hydrogens is 159 g/mol. The van der Waals surface area contributed by atoms with E-state index in [1.807, 2.05) is 0 Å². The fourth-order valence-electron chi connectivity index (χ4n) is 0.411. The van der Waals surface area contributed by atoms with Crippen LogP contribution in [0.4, 0.5) is 3.89 Å². The van der Waals surface area contributed by atoms with Gasteiger partial charge in [-0.2, -0.15) is 8.42 Å². The quantitative estimate of drug-likeness (QED) is 0.551. The molecular formula is C4H3FN2O2S. The van der Waals surface area contributed by atoms with Gasteiger partial charge in [-0.3, -0.25) is 4.98 Å². The van der Waals surface area contributed by atoms with E-state index in [0.29, 0.717) is 0 Å². The summed E-state index contributed by atoms with van der Waals surface area (Å²) in [5, 5.41) is -0.657. The molecule has 0 bridgehead atoms. The number of hydrogen-bond donors (Lipinski definition) is 0. The van der Waals surface area contributed by atoms with Crippen molar-refractivity contribution in [1.82, 2.24) is 9.97 Å². The lowest BCUT2D eigenvalue weighted by atomic mass is 10.8. The molecule has 1 aromatic heterocycles. The molecule has 0 spiro atoms. The van der Waals surface area contributed by atoms with E-state index in [4.69, 9.17) is 0 Å². The number of rotatable bonds is 1. The molecule has 1 heterocycles. The van der Waals surface area contributed by atoms with Crippen LogP contribution in [0.2, 0.25) is 0 Å². The Labute approximate surface area is 57.0 Å². The largest absolute Gasteiger partial charge is 0.351 e. The van der Waals surface area contributed by atoms with Crippen molar-refractivity contribution in [3.8, 4) is 0 Å². The smallest absolute Gasteiger partial charge is 0.260 e. The minimum atomic E-state index is -4.68. The van der Waals surface area contributed by atoms with Gasteiger partial charge in [-0.1, -0.05) is 3.89 Å². The lowest BCUT2D eigenvalue weighted by molar-refractivity contribution is 0.547. The summed E-state index contributed by atoms with van der Waals surface area (Å²) in [6.07, 6.45) is 3.20. The van der Waals surface area contributed by atoms with Gasteiger partial charge in [0.05, 0.1) is 6.20 Å². The summed E-state index contributed by atoms with van der Waals surface area (Å²) in [7, 11) is -4.68. The molecule has 4 nitrogen and oxygen atoms in total. The normalized spacial score (nSPS) is 11.3. The van der Waals surface area contributed by atoms with Gasteiger partial charge in [0.1, 0.15) is 0 Å². The molecule has 0 aliphatic carbocycles. The first-order valence-corrected chi connectivity index (χ1v) is 3.70. The van der Waals surface area contributed by atoms with Crippen molar-refractivity contribution in [1.29, 1.82) is 0 Å². The summed E-state index contributed by atoms with van der Waals surface area (Å²) < 4.78 is 32.1. The first-order valence-electron chi connectivity index (χ1n) is 2.31. The van der Waals surface area contributed by atoms with Gasteiger partial charge in [0.2, 0.25) is 5.03 Å². The summed E-state index contributed by atoms with van der Waals surface area (Å²) in [5.74, 6) is 0. The Balaban J connectivity index is 3.22. The Hall–Kier alpha value is -1.04. The molecule has 0 unspecified atom stereocenters. The molecule has 0 aliphatic rings. The molecule has 0 saturated heterocycles. The van der Waals surface area contributed by atoms with Crippen molar-refractivity contribution in [2.24, 2.45) is 0 Å². The SMILES string of the molecule is O=S(=O)(F)c1cnccn1. The highest BCUT2D eigenvalue weighted by Gasteiger charge is 2.11. The maximum Gasteiger partial charge on any atom is 0.351 e. The Morgan fingerprint density at radius 2 is 2.10 bits per heavy atom. The first-order chi connectivity index (χ1) is 4.61.